The molecule has 0 aliphatic rings. The molecule has 0 aliphatic carbocycles. The summed E-state index contributed by atoms with van der Waals surface area (Å²) < 4.78 is 0. The Morgan fingerprint density at radius 2 is 1.81 bits per heavy atom. The van der Waals surface area contributed by atoms with Crippen molar-refractivity contribution in [3.8, 4) is 11.4 Å². The van der Waals surface area contributed by atoms with Crippen LogP contribution in [0.5, 0.6) is 0 Å². The fraction of sp³-hybridized carbons (Fsp3) is 0.375. The van der Waals surface area contributed by atoms with Crippen molar-refractivity contribution in [2.75, 3.05) is 23.9 Å². The number of aromatic nitrogens is 2. The van der Waals surface area contributed by atoms with Crippen LogP contribution < -0.4 is 11.1 Å². The van der Waals surface area contributed by atoms with Crippen LogP contribution in [0.3, 0.4) is 0 Å². The quantitative estimate of drug-likeness (QED) is 0.816. The smallest absolute Gasteiger partial charge is 0.161 e. The standard InChI is InChI=1S/C14H18N4S.C2H6/c1-3-19-9-12-8-13(16-2)18-14(17-12)10-4-6-11(15)7-5-10;1-2/h4-8H,3,9,15H2,1-2H3,(H,16,17,18);1-2H3. The molecule has 0 aliphatic heterocycles. The number of nitrogens with zero attached hydrogens (tertiary/aromatic N) is 2. The lowest BCUT2D eigenvalue weighted by molar-refractivity contribution is 1.09. The Morgan fingerprint density at radius 1 is 1.14 bits per heavy atom. The highest BCUT2D eigenvalue weighted by molar-refractivity contribution is 7.98. The Bertz CT molecular complexity index is 540. The molecule has 1 aromatic carbocycles. The Labute approximate surface area is 131 Å². The largest absolute Gasteiger partial charge is 0.399 e. The molecule has 0 bridgehead atoms. The minimum atomic E-state index is 0.735. The van der Waals surface area contributed by atoms with Gasteiger partial charge in [0, 0.05) is 30.1 Å². The van der Waals surface area contributed by atoms with Crippen LogP contribution >= 0.6 is 11.8 Å². The van der Waals surface area contributed by atoms with Gasteiger partial charge >= 0.3 is 0 Å². The molecular formula is C16H24N4S. The van der Waals surface area contributed by atoms with Crippen molar-refractivity contribution in [1.29, 1.82) is 0 Å². The Balaban J connectivity index is 0.00000106. The normalized spacial score (nSPS) is 9.71. The van der Waals surface area contributed by atoms with E-state index in [0.717, 1.165) is 40.1 Å². The van der Waals surface area contributed by atoms with Gasteiger partial charge in [-0.2, -0.15) is 11.8 Å². The van der Waals surface area contributed by atoms with E-state index in [1.807, 2.05) is 63.0 Å². The number of anilines is 2. The number of rotatable bonds is 5. The Hall–Kier alpha value is -1.75. The average molecular weight is 304 g/mol. The summed E-state index contributed by atoms with van der Waals surface area (Å²) in [6, 6.07) is 9.61. The summed E-state index contributed by atoms with van der Waals surface area (Å²) in [5.74, 6) is 3.55. The van der Waals surface area contributed by atoms with Gasteiger partial charge in [-0.1, -0.05) is 20.8 Å². The Morgan fingerprint density at radius 3 is 2.38 bits per heavy atom. The van der Waals surface area contributed by atoms with Gasteiger partial charge in [0.05, 0.1) is 5.69 Å². The number of nitrogens with two attached hydrogens (primary N) is 1. The van der Waals surface area contributed by atoms with Gasteiger partial charge < -0.3 is 11.1 Å². The molecule has 0 radical (unpaired) electrons. The molecule has 0 fully saturated rings. The molecule has 21 heavy (non-hydrogen) atoms. The summed E-state index contributed by atoms with van der Waals surface area (Å²) in [6.07, 6.45) is 0. The lowest BCUT2D eigenvalue weighted by atomic mass is 10.2. The first-order valence-electron chi connectivity index (χ1n) is 7.22. The Kier molecular flexibility index (Phi) is 7.61. The second-order valence-electron chi connectivity index (χ2n) is 4.08. The fourth-order valence-corrected chi connectivity index (χ4v) is 2.23. The zero-order valence-corrected chi connectivity index (χ0v) is 14.0. The number of hydrogen-bond donors (Lipinski definition) is 2. The molecule has 0 atom stereocenters. The second-order valence-corrected chi connectivity index (χ2v) is 5.35. The molecule has 114 valence electrons. The highest BCUT2D eigenvalue weighted by atomic mass is 32.2. The first-order valence-corrected chi connectivity index (χ1v) is 8.37. The maximum Gasteiger partial charge on any atom is 0.161 e. The molecular weight excluding hydrogens is 280 g/mol. The SMILES string of the molecule is CC.CCSCc1cc(NC)nc(-c2ccc(N)cc2)n1. The second kappa shape index (κ2) is 9.23. The van der Waals surface area contributed by atoms with Crippen molar-refractivity contribution in [2.45, 2.75) is 26.5 Å². The van der Waals surface area contributed by atoms with Gasteiger partial charge in [0.15, 0.2) is 5.82 Å². The topological polar surface area (TPSA) is 63.8 Å². The predicted octanol–water partition coefficient (Wildman–Crippen LogP) is 4.05. The lowest BCUT2D eigenvalue weighted by Gasteiger charge is -2.08. The van der Waals surface area contributed by atoms with E-state index in [4.69, 9.17) is 5.73 Å². The first kappa shape index (κ1) is 17.3. The highest BCUT2D eigenvalue weighted by Gasteiger charge is 2.06. The van der Waals surface area contributed by atoms with Gasteiger partial charge in [0.2, 0.25) is 0 Å². The predicted molar refractivity (Wildman–Crippen MR) is 94.6 cm³/mol. The molecule has 4 nitrogen and oxygen atoms in total. The maximum atomic E-state index is 5.70. The summed E-state index contributed by atoms with van der Waals surface area (Å²) in [5, 5.41) is 3.08. The van der Waals surface area contributed by atoms with E-state index in [1.165, 1.54) is 0 Å². The van der Waals surface area contributed by atoms with Crippen LogP contribution in [0.2, 0.25) is 0 Å². The number of benzene rings is 1. The van der Waals surface area contributed by atoms with Crippen molar-refractivity contribution in [3.63, 3.8) is 0 Å². The van der Waals surface area contributed by atoms with Crippen LogP contribution in [0.25, 0.3) is 11.4 Å². The van der Waals surface area contributed by atoms with Crippen molar-refractivity contribution < 1.29 is 0 Å². The molecule has 1 aromatic heterocycles. The minimum absolute atomic E-state index is 0.735. The molecule has 0 spiro atoms. The lowest BCUT2D eigenvalue weighted by Crippen LogP contribution is -2.00. The van der Waals surface area contributed by atoms with E-state index in [-0.39, 0.29) is 0 Å². The summed E-state index contributed by atoms with van der Waals surface area (Å²) in [5.41, 5.74) is 8.47. The molecule has 3 N–H and O–H groups in total. The summed E-state index contributed by atoms with van der Waals surface area (Å²) in [7, 11) is 1.87. The zero-order valence-electron chi connectivity index (χ0n) is 13.2. The molecule has 0 unspecified atom stereocenters. The summed E-state index contributed by atoms with van der Waals surface area (Å²) in [6.45, 7) is 6.14. The van der Waals surface area contributed by atoms with E-state index in [0.29, 0.717) is 0 Å². The number of thioether (sulfide) groups is 1. The van der Waals surface area contributed by atoms with Gasteiger partial charge in [0.25, 0.3) is 0 Å². The molecule has 2 aromatic rings. The minimum Gasteiger partial charge on any atom is -0.399 e. The summed E-state index contributed by atoms with van der Waals surface area (Å²) >= 11 is 1.85. The van der Waals surface area contributed by atoms with Gasteiger partial charge in [-0.05, 0) is 30.0 Å². The van der Waals surface area contributed by atoms with Crippen LogP contribution in [-0.4, -0.2) is 22.8 Å². The first-order chi connectivity index (χ1) is 10.2. The number of hydrogen-bond acceptors (Lipinski definition) is 5. The fourth-order valence-electron chi connectivity index (χ4n) is 1.67. The van der Waals surface area contributed by atoms with E-state index in [1.54, 1.807) is 0 Å². The zero-order chi connectivity index (χ0) is 15.7. The number of nitrogens with one attached hydrogen (secondary N) is 1. The van der Waals surface area contributed by atoms with Crippen LogP contribution in [0.1, 0.15) is 26.5 Å². The van der Waals surface area contributed by atoms with Crippen molar-refractivity contribution >= 4 is 23.3 Å². The van der Waals surface area contributed by atoms with Gasteiger partial charge in [-0.3, -0.25) is 0 Å². The van der Waals surface area contributed by atoms with Crippen molar-refractivity contribution in [1.82, 2.24) is 9.97 Å². The van der Waals surface area contributed by atoms with E-state index in [2.05, 4.69) is 22.2 Å². The van der Waals surface area contributed by atoms with Gasteiger partial charge in [-0.25, -0.2) is 9.97 Å². The van der Waals surface area contributed by atoms with Crippen LogP contribution in [0.15, 0.2) is 30.3 Å². The average Bonchev–Trinajstić information content (AvgIpc) is 2.55. The highest BCUT2D eigenvalue weighted by Crippen LogP contribution is 2.21. The molecule has 5 heteroatoms. The van der Waals surface area contributed by atoms with Crippen molar-refractivity contribution in [3.05, 3.63) is 36.0 Å². The molecule has 0 saturated heterocycles. The third-order valence-corrected chi connectivity index (χ3v) is 3.57. The molecule has 1 heterocycles. The molecule has 2 rings (SSSR count). The van der Waals surface area contributed by atoms with E-state index < -0.39 is 0 Å². The third-order valence-electron chi connectivity index (χ3n) is 2.66. The maximum absolute atomic E-state index is 5.70. The van der Waals surface area contributed by atoms with E-state index in [9.17, 15) is 0 Å². The monoisotopic (exact) mass is 304 g/mol. The third kappa shape index (κ3) is 5.27. The van der Waals surface area contributed by atoms with Crippen molar-refractivity contribution in [2.24, 2.45) is 0 Å². The van der Waals surface area contributed by atoms with Crippen LogP contribution in [0.4, 0.5) is 11.5 Å². The summed E-state index contributed by atoms with van der Waals surface area (Å²) in [4.78, 5) is 9.09. The van der Waals surface area contributed by atoms with Crippen LogP contribution in [-0.2, 0) is 5.75 Å². The molecule has 0 saturated carbocycles. The van der Waals surface area contributed by atoms with Gasteiger partial charge in [-0.15, -0.1) is 0 Å². The number of nitrogen functional groups attached to an aromatic ring is 1. The molecule has 0 amide bonds. The van der Waals surface area contributed by atoms with Gasteiger partial charge in [0.1, 0.15) is 5.82 Å². The van der Waals surface area contributed by atoms with Crippen LogP contribution in [0, 0.1) is 0 Å². The van der Waals surface area contributed by atoms with E-state index >= 15 is 0 Å².